The van der Waals surface area contributed by atoms with Crippen LogP contribution in [0.15, 0.2) is 11.3 Å². The molecule has 19 heavy (non-hydrogen) atoms. The first-order valence-electron chi connectivity index (χ1n) is 5.82. The number of nitrogens with one attached hydrogen (secondary N) is 1. The fraction of sp³-hybridized carbons (Fsp3) is 0.545. The lowest BCUT2D eigenvalue weighted by Gasteiger charge is -2.17. The second-order valence-electron chi connectivity index (χ2n) is 4.20. The van der Waals surface area contributed by atoms with Crippen molar-refractivity contribution in [2.75, 3.05) is 13.7 Å². The van der Waals surface area contributed by atoms with Gasteiger partial charge in [0.15, 0.2) is 17.7 Å². The summed E-state index contributed by atoms with van der Waals surface area (Å²) < 4.78 is 6.92. The second-order valence-corrected chi connectivity index (χ2v) is 4.20. The maximum atomic E-state index is 11.6. The third kappa shape index (κ3) is 2.37. The standard InChI is InChI=1S/C11H16N4O4/c1-12-9-8(10(18)13-2)14-5-15(9)11-7(17)3-6(4-16)19-11/h5-7,11,16-17H,1,3-4H2,2H3,(H,13,18)/t6-,7+,11+/m0/s1. The highest BCUT2D eigenvalue weighted by atomic mass is 16.5. The molecule has 2 rings (SSSR count). The zero-order valence-electron chi connectivity index (χ0n) is 10.5. The topological polar surface area (TPSA) is 109 Å². The summed E-state index contributed by atoms with van der Waals surface area (Å²) in [6.45, 7) is 3.22. The molecular formula is C11H16N4O4. The van der Waals surface area contributed by atoms with Crippen molar-refractivity contribution in [3.05, 3.63) is 12.0 Å². The van der Waals surface area contributed by atoms with E-state index < -0.39 is 24.3 Å². The molecule has 1 fully saturated rings. The van der Waals surface area contributed by atoms with E-state index in [1.165, 1.54) is 17.9 Å². The summed E-state index contributed by atoms with van der Waals surface area (Å²) in [4.78, 5) is 19.3. The average Bonchev–Trinajstić information content (AvgIpc) is 3.00. The van der Waals surface area contributed by atoms with Crippen LogP contribution in [0.2, 0.25) is 0 Å². The fourth-order valence-electron chi connectivity index (χ4n) is 2.07. The van der Waals surface area contributed by atoms with Gasteiger partial charge in [-0.15, -0.1) is 0 Å². The third-order valence-electron chi connectivity index (χ3n) is 3.00. The summed E-state index contributed by atoms with van der Waals surface area (Å²) in [5.41, 5.74) is 0.112. The van der Waals surface area contributed by atoms with E-state index in [2.05, 4.69) is 22.0 Å². The molecule has 0 aliphatic carbocycles. The van der Waals surface area contributed by atoms with E-state index in [0.717, 1.165) is 0 Å². The largest absolute Gasteiger partial charge is 0.394 e. The van der Waals surface area contributed by atoms with Crippen molar-refractivity contribution in [2.24, 2.45) is 4.99 Å². The molecule has 1 aromatic rings. The number of aliphatic imine (C=N–C) groups is 1. The van der Waals surface area contributed by atoms with E-state index in [1.54, 1.807) is 0 Å². The number of imidazole rings is 1. The quantitative estimate of drug-likeness (QED) is 0.620. The lowest BCUT2D eigenvalue weighted by molar-refractivity contribution is -0.0496. The molecule has 2 heterocycles. The second kappa shape index (κ2) is 5.47. The predicted molar refractivity (Wildman–Crippen MR) is 66.4 cm³/mol. The summed E-state index contributed by atoms with van der Waals surface area (Å²) in [5, 5.41) is 21.4. The van der Waals surface area contributed by atoms with Gasteiger partial charge in [-0.2, -0.15) is 0 Å². The first kappa shape index (κ1) is 13.7. The van der Waals surface area contributed by atoms with Crippen LogP contribution in [0.5, 0.6) is 0 Å². The molecule has 8 nitrogen and oxygen atoms in total. The summed E-state index contributed by atoms with van der Waals surface area (Å²) in [6.07, 6.45) is -0.301. The van der Waals surface area contributed by atoms with Gasteiger partial charge in [0.2, 0.25) is 0 Å². The van der Waals surface area contributed by atoms with Crippen LogP contribution >= 0.6 is 0 Å². The average molecular weight is 268 g/mol. The molecule has 1 saturated heterocycles. The Kier molecular flexibility index (Phi) is 3.93. The van der Waals surface area contributed by atoms with Gasteiger partial charge >= 0.3 is 0 Å². The van der Waals surface area contributed by atoms with Gasteiger partial charge in [-0.05, 0) is 6.72 Å². The van der Waals surface area contributed by atoms with Crippen LogP contribution in [0.25, 0.3) is 0 Å². The summed E-state index contributed by atoms with van der Waals surface area (Å²) >= 11 is 0. The number of carbonyl (C=O) groups excluding carboxylic acids is 1. The van der Waals surface area contributed by atoms with E-state index in [4.69, 9.17) is 9.84 Å². The highest BCUT2D eigenvalue weighted by molar-refractivity contribution is 5.96. The Balaban J connectivity index is 2.33. The van der Waals surface area contributed by atoms with Crippen LogP contribution in [-0.4, -0.2) is 58.3 Å². The maximum Gasteiger partial charge on any atom is 0.273 e. The molecule has 0 unspecified atom stereocenters. The number of ether oxygens (including phenoxy) is 1. The van der Waals surface area contributed by atoms with Crippen molar-refractivity contribution in [3.63, 3.8) is 0 Å². The normalized spacial score (nSPS) is 26.4. The van der Waals surface area contributed by atoms with Gasteiger partial charge in [0.1, 0.15) is 6.10 Å². The summed E-state index contributed by atoms with van der Waals surface area (Å²) in [5.74, 6) is -0.172. The van der Waals surface area contributed by atoms with Crippen molar-refractivity contribution >= 4 is 18.4 Å². The van der Waals surface area contributed by atoms with Gasteiger partial charge in [0.05, 0.1) is 19.0 Å². The van der Waals surface area contributed by atoms with Crippen molar-refractivity contribution < 1.29 is 19.7 Å². The lowest BCUT2D eigenvalue weighted by Crippen LogP contribution is -2.20. The number of hydrogen-bond donors (Lipinski definition) is 3. The fourth-order valence-corrected chi connectivity index (χ4v) is 2.07. The van der Waals surface area contributed by atoms with Crippen LogP contribution in [0, 0.1) is 0 Å². The Hall–Kier alpha value is -1.77. The first-order chi connectivity index (χ1) is 9.12. The van der Waals surface area contributed by atoms with Gasteiger partial charge < -0.3 is 20.3 Å². The highest BCUT2D eigenvalue weighted by Crippen LogP contribution is 2.33. The van der Waals surface area contributed by atoms with Gasteiger partial charge in [0.25, 0.3) is 5.91 Å². The monoisotopic (exact) mass is 268 g/mol. The molecule has 0 saturated carbocycles. The minimum atomic E-state index is -0.801. The molecule has 1 aromatic heterocycles. The molecule has 0 spiro atoms. The number of carbonyl (C=O) groups is 1. The zero-order chi connectivity index (χ0) is 14.0. The zero-order valence-corrected chi connectivity index (χ0v) is 10.5. The predicted octanol–water partition coefficient (Wildman–Crippen LogP) is -0.785. The molecule has 1 aliphatic heterocycles. The molecule has 0 radical (unpaired) electrons. The van der Waals surface area contributed by atoms with Crippen LogP contribution in [-0.2, 0) is 4.74 Å². The number of aromatic nitrogens is 2. The number of rotatable bonds is 4. The highest BCUT2D eigenvalue weighted by Gasteiger charge is 2.36. The number of hydrogen-bond acceptors (Lipinski definition) is 6. The van der Waals surface area contributed by atoms with E-state index in [-0.39, 0.29) is 18.1 Å². The molecule has 0 aromatic carbocycles. The van der Waals surface area contributed by atoms with Crippen LogP contribution in [0.1, 0.15) is 23.1 Å². The van der Waals surface area contributed by atoms with Gasteiger partial charge in [-0.1, -0.05) is 0 Å². The van der Waals surface area contributed by atoms with Gasteiger partial charge in [-0.3, -0.25) is 9.36 Å². The maximum absolute atomic E-state index is 11.6. The molecule has 1 aliphatic rings. The van der Waals surface area contributed by atoms with Gasteiger partial charge in [0, 0.05) is 13.5 Å². The van der Waals surface area contributed by atoms with E-state index in [1.807, 2.05) is 0 Å². The Morgan fingerprint density at radius 3 is 3.05 bits per heavy atom. The Morgan fingerprint density at radius 1 is 1.79 bits per heavy atom. The number of amides is 1. The van der Waals surface area contributed by atoms with Crippen LogP contribution < -0.4 is 5.32 Å². The lowest BCUT2D eigenvalue weighted by atomic mass is 10.2. The Morgan fingerprint density at radius 2 is 2.53 bits per heavy atom. The van der Waals surface area contributed by atoms with Crippen molar-refractivity contribution in [2.45, 2.75) is 24.9 Å². The third-order valence-corrected chi connectivity index (χ3v) is 3.00. The first-order valence-corrected chi connectivity index (χ1v) is 5.82. The molecule has 0 bridgehead atoms. The van der Waals surface area contributed by atoms with E-state index in [9.17, 15) is 9.90 Å². The van der Waals surface area contributed by atoms with Crippen LogP contribution in [0.4, 0.5) is 5.82 Å². The Bertz CT molecular complexity index is 487. The SMILES string of the molecule is C=Nc1c(C(=O)NC)ncn1[C@@H]1O[C@H](CO)C[C@H]1O. The minimum Gasteiger partial charge on any atom is -0.394 e. The molecule has 104 valence electrons. The van der Waals surface area contributed by atoms with Crippen LogP contribution in [0.3, 0.4) is 0 Å². The molecule has 1 amide bonds. The molecule has 3 N–H and O–H groups in total. The van der Waals surface area contributed by atoms with E-state index >= 15 is 0 Å². The van der Waals surface area contributed by atoms with E-state index in [0.29, 0.717) is 6.42 Å². The molecular weight excluding hydrogens is 252 g/mol. The number of nitrogens with zero attached hydrogens (tertiary/aromatic N) is 3. The van der Waals surface area contributed by atoms with Crippen molar-refractivity contribution in [1.29, 1.82) is 0 Å². The molecule has 8 heteroatoms. The van der Waals surface area contributed by atoms with Crippen molar-refractivity contribution in [1.82, 2.24) is 14.9 Å². The minimum absolute atomic E-state index is 0.112. The van der Waals surface area contributed by atoms with Crippen molar-refractivity contribution in [3.8, 4) is 0 Å². The number of aliphatic hydroxyl groups is 2. The summed E-state index contributed by atoms with van der Waals surface area (Å²) in [6, 6.07) is 0. The summed E-state index contributed by atoms with van der Waals surface area (Å²) in [7, 11) is 1.48. The smallest absolute Gasteiger partial charge is 0.273 e. The molecule has 3 atom stereocenters. The Labute approximate surface area is 109 Å². The number of aliphatic hydroxyl groups excluding tert-OH is 2. The van der Waals surface area contributed by atoms with Gasteiger partial charge in [-0.25, -0.2) is 9.98 Å².